The molecule has 2 heterocycles. The van der Waals surface area contributed by atoms with Gasteiger partial charge in [-0.3, -0.25) is 14.4 Å². The van der Waals surface area contributed by atoms with E-state index >= 15 is 0 Å². The number of hydrogen-bond donors (Lipinski definition) is 1. The van der Waals surface area contributed by atoms with Gasteiger partial charge in [0.05, 0.1) is 10.1 Å². The number of sulfone groups is 1. The molecule has 1 aromatic heterocycles. The molecule has 34 heavy (non-hydrogen) atoms. The first kappa shape index (κ1) is 24.7. The Bertz CT molecular complexity index is 1130. The van der Waals surface area contributed by atoms with Crippen LogP contribution >= 0.6 is 11.3 Å². The zero-order valence-electron chi connectivity index (χ0n) is 18.6. The minimum Gasteiger partial charge on any atom is -0.481 e. The number of benzene rings is 1. The lowest BCUT2D eigenvalue weighted by atomic mass is 9.78. The van der Waals surface area contributed by atoms with Gasteiger partial charge in [0.1, 0.15) is 5.92 Å². The van der Waals surface area contributed by atoms with Crippen molar-refractivity contribution in [3.05, 3.63) is 46.4 Å². The van der Waals surface area contributed by atoms with Gasteiger partial charge in [-0.1, -0.05) is 12.1 Å². The highest BCUT2D eigenvalue weighted by Gasteiger charge is 2.39. The number of aliphatic carboxylic acids is 1. The van der Waals surface area contributed by atoms with Crippen LogP contribution < -0.4 is 0 Å². The number of Topliss-reactive ketones (excluding diaryl/α,β-unsaturated/α-hetero) is 2. The molecular formula is C24H27NO7S2. The minimum absolute atomic E-state index is 0.168. The van der Waals surface area contributed by atoms with Gasteiger partial charge in [0.15, 0.2) is 26.4 Å². The van der Waals surface area contributed by atoms with Crippen LogP contribution in [0, 0.1) is 11.8 Å². The van der Waals surface area contributed by atoms with Crippen LogP contribution in [0.15, 0.2) is 40.7 Å². The molecule has 0 bridgehead atoms. The molecule has 2 atom stereocenters. The fourth-order valence-electron chi connectivity index (χ4n) is 4.38. The fourth-order valence-corrected chi connectivity index (χ4v) is 6.62. The van der Waals surface area contributed by atoms with E-state index in [0.29, 0.717) is 38.0 Å². The van der Waals surface area contributed by atoms with E-state index in [9.17, 15) is 27.9 Å². The summed E-state index contributed by atoms with van der Waals surface area (Å²) in [7, 11) is -3.37. The number of hydrogen-bond acceptors (Lipinski definition) is 8. The third-order valence-electron chi connectivity index (χ3n) is 6.53. The van der Waals surface area contributed by atoms with E-state index < -0.39 is 45.6 Å². The maximum Gasteiger partial charge on any atom is 0.314 e. The first-order chi connectivity index (χ1) is 16.3. The van der Waals surface area contributed by atoms with Gasteiger partial charge >= 0.3 is 5.97 Å². The number of rotatable bonds is 11. The average molecular weight is 506 g/mol. The Morgan fingerprint density at radius 3 is 2.32 bits per heavy atom. The Labute approximate surface area is 202 Å². The van der Waals surface area contributed by atoms with E-state index in [2.05, 4.69) is 4.98 Å². The van der Waals surface area contributed by atoms with Gasteiger partial charge < -0.3 is 9.84 Å². The summed E-state index contributed by atoms with van der Waals surface area (Å²) in [5.74, 6) is -4.46. The van der Waals surface area contributed by atoms with E-state index in [-0.39, 0.29) is 21.1 Å². The summed E-state index contributed by atoms with van der Waals surface area (Å²) in [6, 6.07) is 6.23. The van der Waals surface area contributed by atoms with Crippen molar-refractivity contribution in [1.29, 1.82) is 0 Å². The summed E-state index contributed by atoms with van der Waals surface area (Å²) in [6.07, 6.45) is 4.25. The molecule has 8 nitrogen and oxygen atoms in total. The molecule has 0 radical (unpaired) electrons. The van der Waals surface area contributed by atoms with Gasteiger partial charge in [0, 0.05) is 37.1 Å². The Balaban J connectivity index is 1.60. The second-order valence-corrected chi connectivity index (χ2v) is 12.0. The number of carbonyl (C=O) groups is 3. The quantitative estimate of drug-likeness (QED) is 0.363. The maximum absolute atomic E-state index is 13.6. The summed E-state index contributed by atoms with van der Waals surface area (Å²) < 4.78 is 30.5. The van der Waals surface area contributed by atoms with Gasteiger partial charge in [0.2, 0.25) is 0 Å². The standard InChI is InChI=1S/C24H27NO7S2/c26-21(23-25-9-12-33-23)14-20(24(28)29)22(27)19(13-15-7-10-32-11-8-15)16-1-3-17(4-2-16)34(30,31)18-5-6-18/h1-4,9,12,15,18-20H,5-8,10-11,13-14H2,(H,28,29). The first-order valence-electron chi connectivity index (χ1n) is 11.4. The van der Waals surface area contributed by atoms with E-state index in [4.69, 9.17) is 4.74 Å². The van der Waals surface area contributed by atoms with Gasteiger partial charge in [-0.25, -0.2) is 13.4 Å². The third-order valence-corrected chi connectivity index (χ3v) is 9.62. The molecule has 0 amide bonds. The fraction of sp³-hybridized carbons (Fsp3) is 0.500. The van der Waals surface area contributed by atoms with E-state index in [1.54, 1.807) is 17.5 Å². The number of nitrogens with zero attached hydrogens (tertiary/aromatic N) is 1. The van der Waals surface area contributed by atoms with Crippen LogP contribution in [0.3, 0.4) is 0 Å². The van der Waals surface area contributed by atoms with E-state index in [1.165, 1.54) is 18.3 Å². The van der Waals surface area contributed by atoms with Crippen molar-refractivity contribution in [2.24, 2.45) is 11.8 Å². The van der Waals surface area contributed by atoms with Crippen LogP contribution in [0.1, 0.15) is 59.8 Å². The molecule has 2 unspecified atom stereocenters. The van der Waals surface area contributed by atoms with Crippen LogP contribution in [-0.4, -0.2) is 54.5 Å². The number of carboxylic acids is 1. The van der Waals surface area contributed by atoms with Crippen LogP contribution in [0.25, 0.3) is 0 Å². The lowest BCUT2D eigenvalue weighted by molar-refractivity contribution is -0.146. The molecule has 1 aromatic carbocycles. The van der Waals surface area contributed by atoms with Crippen molar-refractivity contribution in [2.45, 2.75) is 54.6 Å². The van der Waals surface area contributed by atoms with Crippen molar-refractivity contribution < 1.29 is 32.6 Å². The zero-order chi connectivity index (χ0) is 24.3. The van der Waals surface area contributed by atoms with E-state index in [0.717, 1.165) is 24.2 Å². The molecule has 10 heteroatoms. The molecule has 4 rings (SSSR count). The highest BCUT2D eigenvalue weighted by Crippen LogP contribution is 2.36. The molecule has 1 saturated heterocycles. The van der Waals surface area contributed by atoms with E-state index in [1.807, 2.05) is 0 Å². The lowest BCUT2D eigenvalue weighted by Gasteiger charge is -2.27. The summed E-state index contributed by atoms with van der Waals surface area (Å²) in [5, 5.41) is 11.3. The molecular weight excluding hydrogens is 478 g/mol. The van der Waals surface area contributed by atoms with Crippen LogP contribution in [0.5, 0.6) is 0 Å². The van der Waals surface area contributed by atoms with Crippen molar-refractivity contribution in [3.63, 3.8) is 0 Å². The van der Waals surface area contributed by atoms with Gasteiger partial charge in [0.25, 0.3) is 0 Å². The Morgan fingerprint density at radius 2 is 1.76 bits per heavy atom. The Morgan fingerprint density at radius 1 is 1.09 bits per heavy atom. The Hall–Kier alpha value is -2.43. The predicted molar refractivity (Wildman–Crippen MR) is 125 cm³/mol. The van der Waals surface area contributed by atoms with Crippen molar-refractivity contribution in [2.75, 3.05) is 13.2 Å². The lowest BCUT2D eigenvalue weighted by Crippen LogP contribution is -2.32. The van der Waals surface area contributed by atoms with Gasteiger partial charge in [-0.05, 0) is 55.7 Å². The second-order valence-electron chi connectivity index (χ2n) is 8.92. The monoisotopic (exact) mass is 505 g/mol. The van der Waals surface area contributed by atoms with Crippen LogP contribution in [-0.2, 0) is 24.2 Å². The number of carboxylic acid groups (broad SMARTS) is 1. The molecule has 1 N–H and O–H groups in total. The van der Waals surface area contributed by atoms with Crippen molar-refractivity contribution >= 4 is 38.7 Å². The number of carbonyl (C=O) groups excluding carboxylic acids is 2. The first-order valence-corrected chi connectivity index (χ1v) is 13.8. The second kappa shape index (κ2) is 10.5. The summed E-state index contributed by atoms with van der Waals surface area (Å²) >= 11 is 1.11. The molecule has 2 fully saturated rings. The van der Waals surface area contributed by atoms with Crippen molar-refractivity contribution in [1.82, 2.24) is 4.98 Å². The molecule has 2 aromatic rings. The predicted octanol–water partition coefficient (Wildman–Crippen LogP) is 3.52. The minimum atomic E-state index is -3.37. The summed E-state index contributed by atoms with van der Waals surface area (Å²) in [6.45, 7) is 1.16. The molecule has 1 aliphatic heterocycles. The number of ether oxygens (including phenoxy) is 1. The summed E-state index contributed by atoms with van der Waals surface area (Å²) in [4.78, 5) is 42.3. The highest BCUT2D eigenvalue weighted by molar-refractivity contribution is 7.92. The average Bonchev–Trinajstić information content (AvgIpc) is 3.56. The Kier molecular flexibility index (Phi) is 7.59. The van der Waals surface area contributed by atoms with Crippen LogP contribution in [0.4, 0.5) is 0 Å². The largest absolute Gasteiger partial charge is 0.481 e. The smallest absolute Gasteiger partial charge is 0.314 e. The van der Waals surface area contributed by atoms with Gasteiger partial charge in [-0.15, -0.1) is 11.3 Å². The highest BCUT2D eigenvalue weighted by atomic mass is 32.2. The normalized spacial score (nSPS) is 18.8. The number of ketones is 2. The number of thiazole rings is 1. The molecule has 1 saturated carbocycles. The number of aromatic nitrogens is 1. The van der Waals surface area contributed by atoms with Crippen molar-refractivity contribution in [3.8, 4) is 0 Å². The molecule has 1 aliphatic carbocycles. The third kappa shape index (κ3) is 5.61. The van der Waals surface area contributed by atoms with Gasteiger partial charge in [-0.2, -0.15) is 0 Å². The maximum atomic E-state index is 13.6. The molecule has 2 aliphatic rings. The molecule has 182 valence electrons. The SMILES string of the molecule is O=C(CC(C(=O)O)C(=O)C(CC1CCOCC1)c1ccc(S(=O)(=O)C2CC2)cc1)c1nccs1. The molecule has 0 spiro atoms. The summed E-state index contributed by atoms with van der Waals surface area (Å²) in [5.41, 5.74) is 0.569. The van der Waals surface area contributed by atoms with Crippen LogP contribution in [0.2, 0.25) is 0 Å². The zero-order valence-corrected chi connectivity index (χ0v) is 20.2. The topological polar surface area (TPSA) is 128 Å².